The number of alkyl carbamates (subject to hydrolysis) is 1. The van der Waals surface area contributed by atoms with Crippen LogP contribution in [0.5, 0.6) is 5.75 Å². The zero-order chi connectivity index (χ0) is 12.7. The first-order chi connectivity index (χ1) is 8.13. The van der Waals surface area contributed by atoms with Gasteiger partial charge in [-0.1, -0.05) is 0 Å². The molecule has 17 heavy (non-hydrogen) atoms. The molecular formula is C11H13F2NO3. The third-order valence-electron chi connectivity index (χ3n) is 1.80. The lowest BCUT2D eigenvalue weighted by Crippen LogP contribution is -2.28. The molecule has 0 saturated carbocycles. The Kier molecular flexibility index (Phi) is 5.19. The molecule has 1 amide bonds. The topological polar surface area (TPSA) is 47.6 Å². The van der Waals surface area contributed by atoms with E-state index in [9.17, 15) is 13.6 Å². The molecule has 0 aromatic heterocycles. The van der Waals surface area contributed by atoms with Crippen molar-refractivity contribution in [1.82, 2.24) is 5.32 Å². The SMILES string of the molecule is CCOC(=O)NCCOc1ccc(F)cc1F. The average molecular weight is 245 g/mol. The Balaban J connectivity index is 2.29. The largest absolute Gasteiger partial charge is 0.489 e. The fraction of sp³-hybridized carbons (Fsp3) is 0.364. The summed E-state index contributed by atoms with van der Waals surface area (Å²) in [4.78, 5) is 10.9. The van der Waals surface area contributed by atoms with Crippen LogP contribution in [0.2, 0.25) is 0 Å². The summed E-state index contributed by atoms with van der Waals surface area (Å²) in [6, 6.07) is 3.01. The third-order valence-corrected chi connectivity index (χ3v) is 1.80. The van der Waals surface area contributed by atoms with E-state index in [0.29, 0.717) is 0 Å². The quantitative estimate of drug-likeness (QED) is 0.808. The van der Waals surface area contributed by atoms with Gasteiger partial charge in [-0.3, -0.25) is 0 Å². The van der Waals surface area contributed by atoms with E-state index in [1.807, 2.05) is 0 Å². The molecule has 0 aliphatic rings. The first kappa shape index (κ1) is 13.2. The van der Waals surface area contributed by atoms with Crippen LogP contribution in [0.1, 0.15) is 6.92 Å². The minimum Gasteiger partial charge on any atom is -0.489 e. The molecule has 6 heteroatoms. The number of ether oxygens (including phenoxy) is 2. The molecule has 4 nitrogen and oxygen atoms in total. The van der Waals surface area contributed by atoms with Crippen molar-refractivity contribution in [3.8, 4) is 5.75 Å². The molecule has 0 aliphatic carbocycles. The molecule has 0 saturated heterocycles. The van der Waals surface area contributed by atoms with Gasteiger partial charge >= 0.3 is 6.09 Å². The zero-order valence-corrected chi connectivity index (χ0v) is 9.33. The van der Waals surface area contributed by atoms with Crippen molar-refractivity contribution in [2.45, 2.75) is 6.92 Å². The first-order valence-electron chi connectivity index (χ1n) is 5.12. The van der Waals surface area contributed by atoms with Crippen LogP contribution >= 0.6 is 0 Å². The van der Waals surface area contributed by atoms with E-state index in [-0.39, 0.29) is 25.5 Å². The van der Waals surface area contributed by atoms with Crippen LogP contribution in [-0.2, 0) is 4.74 Å². The van der Waals surface area contributed by atoms with E-state index in [1.54, 1.807) is 6.92 Å². The van der Waals surface area contributed by atoms with Gasteiger partial charge in [0.25, 0.3) is 0 Å². The lowest BCUT2D eigenvalue weighted by atomic mass is 10.3. The van der Waals surface area contributed by atoms with Crippen LogP contribution < -0.4 is 10.1 Å². The van der Waals surface area contributed by atoms with Crippen LogP contribution in [0, 0.1) is 11.6 Å². The number of benzene rings is 1. The Labute approximate surface area is 97.5 Å². The Hall–Kier alpha value is -1.85. The molecule has 1 N–H and O–H groups in total. The van der Waals surface area contributed by atoms with Crippen LogP contribution in [0.15, 0.2) is 18.2 Å². The summed E-state index contributed by atoms with van der Waals surface area (Å²) >= 11 is 0. The smallest absolute Gasteiger partial charge is 0.407 e. The van der Waals surface area contributed by atoms with Crippen molar-refractivity contribution < 1.29 is 23.0 Å². The summed E-state index contributed by atoms with van der Waals surface area (Å²) in [6.45, 7) is 2.21. The van der Waals surface area contributed by atoms with Crippen molar-refractivity contribution in [1.29, 1.82) is 0 Å². The van der Waals surface area contributed by atoms with E-state index in [4.69, 9.17) is 4.74 Å². The highest BCUT2D eigenvalue weighted by Gasteiger charge is 2.05. The number of carbonyl (C=O) groups excluding carboxylic acids is 1. The number of amides is 1. The molecular weight excluding hydrogens is 232 g/mol. The van der Waals surface area contributed by atoms with Crippen molar-refractivity contribution in [2.75, 3.05) is 19.8 Å². The van der Waals surface area contributed by atoms with Gasteiger partial charge in [0.2, 0.25) is 0 Å². The summed E-state index contributed by atoms with van der Waals surface area (Å²) in [7, 11) is 0. The molecule has 0 spiro atoms. The molecule has 1 aromatic rings. The molecule has 0 bridgehead atoms. The van der Waals surface area contributed by atoms with E-state index in [0.717, 1.165) is 12.1 Å². The van der Waals surface area contributed by atoms with Gasteiger partial charge in [0.05, 0.1) is 13.2 Å². The lowest BCUT2D eigenvalue weighted by molar-refractivity contribution is 0.150. The molecule has 1 rings (SSSR count). The van der Waals surface area contributed by atoms with E-state index < -0.39 is 17.7 Å². The number of carbonyl (C=O) groups is 1. The van der Waals surface area contributed by atoms with Gasteiger partial charge in [-0.15, -0.1) is 0 Å². The first-order valence-corrected chi connectivity index (χ1v) is 5.12. The molecule has 1 aromatic carbocycles. The van der Waals surface area contributed by atoms with Gasteiger partial charge < -0.3 is 14.8 Å². The Morgan fingerprint density at radius 2 is 2.18 bits per heavy atom. The van der Waals surface area contributed by atoms with Crippen molar-refractivity contribution >= 4 is 6.09 Å². The number of halogens is 2. The monoisotopic (exact) mass is 245 g/mol. The van der Waals surface area contributed by atoms with E-state index >= 15 is 0 Å². The Bertz CT molecular complexity index is 385. The normalized spacial score (nSPS) is 9.82. The van der Waals surface area contributed by atoms with Crippen LogP contribution in [-0.4, -0.2) is 25.9 Å². The van der Waals surface area contributed by atoms with Gasteiger partial charge in [-0.2, -0.15) is 0 Å². The van der Waals surface area contributed by atoms with Crippen LogP contribution in [0.3, 0.4) is 0 Å². The fourth-order valence-electron chi connectivity index (χ4n) is 1.09. The van der Waals surface area contributed by atoms with Crippen molar-refractivity contribution in [3.63, 3.8) is 0 Å². The maximum Gasteiger partial charge on any atom is 0.407 e. The maximum absolute atomic E-state index is 13.1. The third kappa shape index (κ3) is 4.67. The Morgan fingerprint density at radius 3 is 2.82 bits per heavy atom. The second-order valence-corrected chi connectivity index (χ2v) is 3.07. The zero-order valence-electron chi connectivity index (χ0n) is 9.33. The molecule has 0 aliphatic heterocycles. The second-order valence-electron chi connectivity index (χ2n) is 3.07. The minimum absolute atomic E-state index is 0.0583. The molecule has 0 radical (unpaired) electrons. The molecule has 0 unspecified atom stereocenters. The highest BCUT2D eigenvalue weighted by Crippen LogP contribution is 2.17. The highest BCUT2D eigenvalue weighted by molar-refractivity contribution is 5.66. The van der Waals surface area contributed by atoms with Gasteiger partial charge in [-0.25, -0.2) is 13.6 Å². The predicted molar refractivity (Wildman–Crippen MR) is 56.9 cm³/mol. The van der Waals surface area contributed by atoms with Gasteiger partial charge in [0.15, 0.2) is 11.6 Å². The van der Waals surface area contributed by atoms with E-state index in [2.05, 4.69) is 10.1 Å². The van der Waals surface area contributed by atoms with E-state index in [1.165, 1.54) is 6.07 Å². The average Bonchev–Trinajstić information content (AvgIpc) is 2.27. The number of hydrogen-bond donors (Lipinski definition) is 1. The second kappa shape index (κ2) is 6.67. The van der Waals surface area contributed by atoms with Crippen LogP contribution in [0.4, 0.5) is 13.6 Å². The standard InChI is InChI=1S/C11H13F2NO3/c1-2-16-11(15)14-5-6-17-10-4-3-8(12)7-9(10)13/h3-4,7H,2,5-6H2,1H3,(H,14,15). The highest BCUT2D eigenvalue weighted by atomic mass is 19.1. The molecule has 0 atom stereocenters. The summed E-state index contributed by atoms with van der Waals surface area (Å²) in [5.41, 5.74) is 0. The predicted octanol–water partition coefficient (Wildman–Crippen LogP) is 2.09. The summed E-state index contributed by atoms with van der Waals surface area (Å²) < 4.78 is 35.3. The molecule has 0 heterocycles. The fourth-order valence-corrected chi connectivity index (χ4v) is 1.09. The molecule has 0 fully saturated rings. The summed E-state index contributed by atoms with van der Waals surface area (Å²) in [5, 5.41) is 2.40. The van der Waals surface area contributed by atoms with Gasteiger partial charge in [0, 0.05) is 6.07 Å². The summed E-state index contributed by atoms with van der Waals surface area (Å²) in [5.74, 6) is -1.50. The van der Waals surface area contributed by atoms with Crippen molar-refractivity contribution in [3.05, 3.63) is 29.8 Å². The number of nitrogens with one attached hydrogen (secondary N) is 1. The van der Waals surface area contributed by atoms with Crippen molar-refractivity contribution in [2.24, 2.45) is 0 Å². The molecule has 94 valence electrons. The minimum atomic E-state index is -0.777. The van der Waals surface area contributed by atoms with Gasteiger partial charge in [0.1, 0.15) is 12.4 Å². The number of hydrogen-bond acceptors (Lipinski definition) is 3. The Morgan fingerprint density at radius 1 is 1.41 bits per heavy atom. The maximum atomic E-state index is 13.1. The number of rotatable bonds is 5. The van der Waals surface area contributed by atoms with Crippen LogP contribution in [0.25, 0.3) is 0 Å². The summed E-state index contributed by atoms with van der Waals surface area (Å²) in [6.07, 6.45) is -0.560. The lowest BCUT2D eigenvalue weighted by Gasteiger charge is -2.08. The van der Waals surface area contributed by atoms with Gasteiger partial charge in [-0.05, 0) is 19.1 Å².